The first kappa shape index (κ1) is 12.8. The molecule has 1 aliphatic rings. The number of amides is 2. The number of carbonyl (C=O) groups is 2. The fourth-order valence-electron chi connectivity index (χ4n) is 1.69. The Morgan fingerprint density at radius 1 is 1.67 bits per heavy atom. The first-order valence-corrected chi connectivity index (χ1v) is 6.18. The second-order valence-corrected chi connectivity index (χ2v) is 5.15. The van der Waals surface area contributed by atoms with Crippen molar-refractivity contribution >= 4 is 28.5 Å². The minimum atomic E-state index is -1.01. The number of carboxylic acid groups (broad SMARTS) is 1. The molecule has 1 aromatic rings. The summed E-state index contributed by atoms with van der Waals surface area (Å²) in [6.07, 6.45) is 1.61. The van der Waals surface area contributed by atoms with Gasteiger partial charge >= 0.3 is 12.0 Å². The number of thiazole rings is 1. The third-order valence-electron chi connectivity index (χ3n) is 2.53. The molecule has 1 fully saturated rings. The van der Waals surface area contributed by atoms with Gasteiger partial charge in [0.05, 0.1) is 13.1 Å². The molecule has 1 aromatic heterocycles. The van der Waals surface area contributed by atoms with Gasteiger partial charge in [0.15, 0.2) is 5.13 Å². The van der Waals surface area contributed by atoms with E-state index in [2.05, 4.69) is 10.3 Å². The normalized spacial score (nSPS) is 17.1. The molecule has 0 atom stereocenters. The lowest BCUT2D eigenvalue weighted by atomic mass is 9.97. The number of urea groups is 1. The fourth-order valence-corrected chi connectivity index (χ4v) is 2.21. The molecule has 2 N–H and O–H groups in total. The van der Waals surface area contributed by atoms with E-state index in [-0.39, 0.29) is 12.6 Å². The third kappa shape index (κ3) is 2.96. The molecule has 2 rings (SSSR count). The Labute approximate surface area is 107 Å². The summed E-state index contributed by atoms with van der Waals surface area (Å²) in [4.78, 5) is 27.6. The molecule has 18 heavy (non-hydrogen) atoms. The zero-order valence-corrected chi connectivity index (χ0v) is 10.6. The maximum absolute atomic E-state index is 11.7. The SMILES string of the molecule is CC1(OCC(=O)O)CN(C(=O)Nc2nccs2)C1. The predicted octanol–water partition coefficient (Wildman–Crippen LogP) is 0.850. The number of aliphatic carboxylic acids is 1. The van der Waals surface area contributed by atoms with E-state index in [9.17, 15) is 9.59 Å². The van der Waals surface area contributed by atoms with E-state index in [0.717, 1.165) is 0 Å². The minimum Gasteiger partial charge on any atom is -0.480 e. The van der Waals surface area contributed by atoms with E-state index in [1.165, 1.54) is 11.3 Å². The van der Waals surface area contributed by atoms with E-state index in [1.807, 2.05) is 0 Å². The van der Waals surface area contributed by atoms with Crippen LogP contribution >= 0.6 is 11.3 Å². The molecule has 98 valence electrons. The Hall–Kier alpha value is -1.67. The van der Waals surface area contributed by atoms with Crippen molar-refractivity contribution in [3.63, 3.8) is 0 Å². The third-order valence-corrected chi connectivity index (χ3v) is 3.22. The molecule has 0 saturated carbocycles. The van der Waals surface area contributed by atoms with Gasteiger partial charge in [-0.2, -0.15) is 0 Å². The lowest BCUT2D eigenvalue weighted by Gasteiger charge is -2.46. The van der Waals surface area contributed by atoms with Gasteiger partial charge in [0.1, 0.15) is 12.2 Å². The molecule has 0 unspecified atom stereocenters. The standard InChI is InChI=1S/C10H13N3O4S/c1-10(17-4-7(14)15)5-13(6-10)9(16)12-8-11-2-3-18-8/h2-3H,4-6H2,1H3,(H,14,15)(H,11,12,16). The molecule has 0 aliphatic carbocycles. The van der Waals surface area contributed by atoms with Gasteiger partial charge in [-0.3, -0.25) is 5.32 Å². The highest BCUT2D eigenvalue weighted by atomic mass is 32.1. The van der Waals surface area contributed by atoms with Gasteiger partial charge < -0.3 is 14.7 Å². The molecule has 2 amide bonds. The summed E-state index contributed by atoms with van der Waals surface area (Å²) in [7, 11) is 0. The summed E-state index contributed by atoms with van der Waals surface area (Å²) >= 11 is 1.34. The first-order chi connectivity index (χ1) is 8.48. The van der Waals surface area contributed by atoms with E-state index in [4.69, 9.17) is 9.84 Å². The van der Waals surface area contributed by atoms with Crippen molar-refractivity contribution in [2.24, 2.45) is 0 Å². The highest BCUT2D eigenvalue weighted by Gasteiger charge is 2.42. The molecule has 0 spiro atoms. The van der Waals surface area contributed by atoms with Crippen LogP contribution in [0.5, 0.6) is 0 Å². The molecule has 0 radical (unpaired) electrons. The van der Waals surface area contributed by atoms with Crippen LogP contribution in [0.15, 0.2) is 11.6 Å². The largest absolute Gasteiger partial charge is 0.480 e. The monoisotopic (exact) mass is 271 g/mol. The Balaban J connectivity index is 1.77. The van der Waals surface area contributed by atoms with Crippen LogP contribution in [0.25, 0.3) is 0 Å². The zero-order chi connectivity index (χ0) is 13.2. The van der Waals surface area contributed by atoms with Crippen molar-refractivity contribution < 1.29 is 19.4 Å². The summed E-state index contributed by atoms with van der Waals surface area (Å²) < 4.78 is 5.21. The maximum Gasteiger partial charge on any atom is 0.329 e. The average molecular weight is 271 g/mol. The molecule has 1 saturated heterocycles. The number of nitrogens with one attached hydrogen (secondary N) is 1. The summed E-state index contributed by atoms with van der Waals surface area (Å²) in [5, 5.41) is 13.5. The van der Waals surface area contributed by atoms with Gasteiger partial charge in [-0.1, -0.05) is 0 Å². The summed E-state index contributed by atoms with van der Waals surface area (Å²) in [5.74, 6) is -1.01. The van der Waals surface area contributed by atoms with Crippen LogP contribution < -0.4 is 5.32 Å². The Morgan fingerprint density at radius 2 is 2.39 bits per heavy atom. The van der Waals surface area contributed by atoms with Crippen LogP contribution in [0.4, 0.5) is 9.93 Å². The average Bonchev–Trinajstić information content (AvgIpc) is 2.75. The molecule has 2 heterocycles. The van der Waals surface area contributed by atoms with Crippen molar-refractivity contribution in [2.75, 3.05) is 25.0 Å². The van der Waals surface area contributed by atoms with Crippen molar-refractivity contribution in [3.8, 4) is 0 Å². The van der Waals surface area contributed by atoms with E-state index < -0.39 is 11.6 Å². The number of carbonyl (C=O) groups excluding carboxylic acids is 1. The van der Waals surface area contributed by atoms with Crippen molar-refractivity contribution in [2.45, 2.75) is 12.5 Å². The van der Waals surface area contributed by atoms with E-state index >= 15 is 0 Å². The van der Waals surface area contributed by atoms with E-state index in [1.54, 1.807) is 23.4 Å². The number of hydrogen-bond donors (Lipinski definition) is 2. The van der Waals surface area contributed by atoms with Crippen molar-refractivity contribution in [1.82, 2.24) is 9.88 Å². The number of ether oxygens (including phenoxy) is 1. The van der Waals surface area contributed by atoms with Gasteiger partial charge in [-0.25, -0.2) is 14.6 Å². The van der Waals surface area contributed by atoms with Gasteiger partial charge in [0.2, 0.25) is 0 Å². The van der Waals surface area contributed by atoms with Crippen LogP contribution in [0, 0.1) is 0 Å². The van der Waals surface area contributed by atoms with Crippen molar-refractivity contribution in [1.29, 1.82) is 0 Å². The number of carboxylic acids is 1. The number of aromatic nitrogens is 1. The number of anilines is 1. The van der Waals surface area contributed by atoms with Crippen LogP contribution in [0.1, 0.15) is 6.92 Å². The minimum absolute atomic E-state index is 0.249. The second kappa shape index (κ2) is 4.91. The number of rotatable bonds is 4. The van der Waals surface area contributed by atoms with Gasteiger partial charge in [0.25, 0.3) is 0 Å². The lowest BCUT2D eigenvalue weighted by molar-refractivity contribution is -0.159. The predicted molar refractivity (Wildman–Crippen MR) is 64.7 cm³/mol. The lowest BCUT2D eigenvalue weighted by Crippen LogP contribution is -2.64. The summed E-state index contributed by atoms with van der Waals surface area (Å²) in [6, 6.07) is -0.249. The van der Waals surface area contributed by atoms with Crippen molar-refractivity contribution in [3.05, 3.63) is 11.6 Å². The van der Waals surface area contributed by atoms with Crippen LogP contribution in [-0.2, 0) is 9.53 Å². The topological polar surface area (TPSA) is 91.8 Å². The summed E-state index contributed by atoms with van der Waals surface area (Å²) in [5.41, 5.74) is -0.571. The number of hydrogen-bond acceptors (Lipinski definition) is 5. The highest BCUT2D eigenvalue weighted by molar-refractivity contribution is 7.13. The van der Waals surface area contributed by atoms with Crippen LogP contribution in [0.2, 0.25) is 0 Å². The molecular formula is C10H13N3O4S. The Morgan fingerprint density at radius 3 is 2.94 bits per heavy atom. The Bertz CT molecular complexity index is 442. The smallest absolute Gasteiger partial charge is 0.329 e. The fraction of sp³-hybridized carbons (Fsp3) is 0.500. The molecule has 0 bridgehead atoms. The van der Waals surface area contributed by atoms with Gasteiger partial charge in [-0.15, -0.1) is 11.3 Å². The molecule has 1 aliphatic heterocycles. The highest BCUT2D eigenvalue weighted by Crippen LogP contribution is 2.25. The van der Waals surface area contributed by atoms with E-state index in [0.29, 0.717) is 18.2 Å². The molecular weight excluding hydrogens is 258 g/mol. The van der Waals surface area contributed by atoms with Gasteiger partial charge in [-0.05, 0) is 6.92 Å². The molecule has 0 aromatic carbocycles. The van der Waals surface area contributed by atoms with Gasteiger partial charge in [0, 0.05) is 11.6 Å². The number of likely N-dealkylation sites (tertiary alicyclic amines) is 1. The quantitative estimate of drug-likeness (QED) is 0.847. The maximum atomic E-state index is 11.7. The number of nitrogens with zero attached hydrogens (tertiary/aromatic N) is 2. The molecule has 8 heteroatoms. The summed E-state index contributed by atoms with van der Waals surface area (Å²) in [6.45, 7) is 2.18. The molecule has 7 nitrogen and oxygen atoms in total. The van der Waals surface area contributed by atoms with Crippen LogP contribution in [0.3, 0.4) is 0 Å². The zero-order valence-electron chi connectivity index (χ0n) is 9.75. The van der Waals surface area contributed by atoms with Crippen LogP contribution in [-0.4, -0.2) is 52.3 Å². The Kier molecular flexibility index (Phi) is 3.48. The first-order valence-electron chi connectivity index (χ1n) is 5.30. The second-order valence-electron chi connectivity index (χ2n) is 4.26.